The maximum atomic E-state index is 13.9. The van der Waals surface area contributed by atoms with Gasteiger partial charge in [-0.2, -0.15) is 22.5 Å². The van der Waals surface area contributed by atoms with Crippen LogP contribution < -0.4 is 18.9 Å². The molecule has 79 heavy (non-hydrogen) atoms. The molecule has 5 radical (unpaired) electrons. The molecule has 25 heteroatoms. The van der Waals surface area contributed by atoms with Gasteiger partial charge in [0, 0.05) is 67.1 Å². The lowest BCUT2D eigenvalue weighted by Crippen LogP contribution is -1.99. The van der Waals surface area contributed by atoms with Crippen LogP contribution in [-0.4, -0.2) is 123 Å². The van der Waals surface area contributed by atoms with Crippen molar-refractivity contribution in [1.82, 2.24) is 39.9 Å². The molecule has 8 aromatic heterocycles. The smallest absolute Gasteiger partial charge is 0.494 e. The number of aryl methyl sites for hydroxylation is 1. The quantitative estimate of drug-likeness (QED) is 0.0553. The Balaban J connectivity index is 0.000000160. The van der Waals surface area contributed by atoms with Crippen molar-refractivity contribution in [1.29, 1.82) is 0 Å². The highest BCUT2D eigenvalue weighted by Crippen LogP contribution is 2.39. The minimum Gasteiger partial charge on any atom is -0.651 e. The van der Waals surface area contributed by atoms with Gasteiger partial charge in [-0.05, 0) is 97.4 Å². The molecule has 0 fully saturated rings. The van der Waals surface area contributed by atoms with Gasteiger partial charge in [0.25, 0.3) is 0 Å². The summed E-state index contributed by atoms with van der Waals surface area (Å²) in [5.74, 6) is -1.95. The average Bonchev–Trinajstić information content (AvgIpc) is 3.50. The summed E-state index contributed by atoms with van der Waals surface area (Å²) in [5.41, 5.74) is 5.80. The molecule has 0 bridgehead atoms. The van der Waals surface area contributed by atoms with Crippen LogP contribution in [0.5, 0.6) is 28.7 Å². The first kappa shape index (κ1) is 60.6. The van der Waals surface area contributed by atoms with Crippen LogP contribution in [0.1, 0.15) is 5.56 Å². The van der Waals surface area contributed by atoms with Crippen molar-refractivity contribution in [2.45, 2.75) is 6.92 Å². The fraction of sp³-hybridized carbons (Fsp3) is 0.0185. The van der Waals surface area contributed by atoms with E-state index in [9.17, 15) is 26.3 Å². The number of aromatic nitrogens is 8. The SMILES string of the molecule is Cc1cc(F)c(-c2ccccn2)c([O][AlH])c1.Fc1cc([O][AlH])c(-c2ccccn2)c(F)n1.Fc1cc([O][AlH])c(-c2ccccn2)cn1.Fc1nccc([O][AlH])c1-c1ccccn1.[C-]#[N+]c1cc(F)cc([O][AlH])c1-c1ccccn1. The lowest BCUT2D eigenvalue weighted by Gasteiger charge is -2.11. The molecule has 10 rings (SSSR count). The number of halogens is 6. The highest BCUT2D eigenvalue weighted by molar-refractivity contribution is 6.02. The van der Waals surface area contributed by atoms with Gasteiger partial charge in [-0.1, -0.05) is 30.3 Å². The minimum atomic E-state index is -0.930. The molecule has 0 unspecified atom stereocenters. The van der Waals surface area contributed by atoms with Gasteiger partial charge < -0.3 is 18.9 Å². The van der Waals surface area contributed by atoms with Crippen molar-refractivity contribution in [2.75, 3.05) is 0 Å². The number of rotatable bonds is 10. The molecule has 0 amide bonds. The number of hydrogen-bond acceptors (Lipinski definition) is 13. The summed E-state index contributed by atoms with van der Waals surface area (Å²) >= 11 is 6.28. The molecule has 8 heterocycles. The molecule has 385 valence electrons. The van der Waals surface area contributed by atoms with Crippen molar-refractivity contribution >= 4 is 88.8 Å². The average molecular weight is 1140 g/mol. The number of hydrogen-bond donors (Lipinski definition) is 0. The van der Waals surface area contributed by atoms with Crippen molar-refractivity contribution < 1.29 is 45.3 Å². The van der Waals surface area contributed by atoms with Gasteiger partial charge in [0.1, 0.15) is 11.6 Å². The zero-order valence-electron chi connectivity index (χ0n) is 41.6. The lowest BCUT2D eigenvalue weighted by molar-refractivity contribution is 0.498. The van der Waals surface area contributed by atoms with Gasteiger partial charge in [0.2, 0.25) is 29.5 Å². The molecule has 10 aromatic rings. The molecule has 0 N–H and O–H groups in total. The first-order valence-corrected chi connectivity index (χ1v) is 25.6. The van der Waals surface area contributed by atoms with Crippen LogP contribution in [0.3, 0.4) is 0 Å². The van der Waals surface area contributed by atoms with E-state index in [0.717, 1.165) is 28.3 Å². The van der Waals surface area contributed by atoms with Crippen LogP contribution in [-0.2, 0) is 0 Å². The predicted octanol–water partition coefficient (Wildman–Crippen LogP) is 9.59. The molecule has 0 aliphatic heterocycles. The van der Waals surface area contributed by atoms with Crippen LogP contribution in [0.2, 0.25) is 0 Å². The Morgan fingerprint density at radius 2 is 0.848 bits per heavy atom. The summed E-state index contributed by atoms with van der Waals surface area (Å²) in [6.07, 6.45) is 10.8. The summed E-state index contributed by atoms with van der Waals surface area (Å²) in [4.78, 5) is 34.0. The Labute approximate surface area is 491 Å². The third-order valence-corrected chi connectivity index (χ3v) is 11.9. The van der Waals surface area contributed by atoms with E-state index in [-0.39, 0.29) is 22.8 Å². The van der Waals surface area contributed by atoms with E-state index in [4.69, 9.17) is 25.5 Å². The van der Waals surface area contributed by atoms with Crippen LogP contribution in [0.4, 0.5) is 32.0 Å². The van der Waals surface area contributed by atoms with E-state index in [0.29, 0.717) is 73.7 Å². The highest BCUT2D eigenvalue weighted by atomic mass is 27.1. The van der Waals surface area contributed by atoms with Gasteiger partial charge in [0.15, 0.2) is 0 Å². The van der Waals surface area contributed by atoms with Crippen LogP contribution >= 0.6 is 0 Å². The Morgan fingerprint density at radius 3 is 1.33 bits per heavy atom. The van der Waals surface area contributed by atoms with E-state index < -0.39 is 29.6 Å². The van der Waals surface area contributed by atoms with Gasteiger partial charge in [-0.25, -0.2) is 23.6 Å². The molecule has 0 saturated heterocycles. The summed E-state index contributed by atoms with van der Waals surface area (Å²) < 4.78 is 105. The Morgan fingerprint density at radius 1 is 0.405 bits per heavy atom. The van der Waals surface area contributed by atoms with Crippen molar-refractivity contribution in [3.8, 4) is 85.0 Å². The Bertz CT molecular complexity index is 3520. The van der Waals surface area contributed by atoms with Crippen molar-refractivity contribution in [2.24, 2.45) is 0 Å². The summed E-state index contributed by atoms with van der Waals surface area (Å²) in [6.45, 7) is 8.91. The van der Waals surface area contributed by atoms with Crippen LogP contribution in [0.15, 0.2) is 177 Å². The third-order valence-electron chi connectivity index (χ3n) is 10.4. The zero-order chi connectivity index (χ0) is 56.7. The normalized spacial score (nSPS) is 9.95. The largest absolute Gasteiger partial charge is 0.651 e. The Kier molecular flexibility index (Phi) is 23.8. The van der Waals surface area contributed by atoms with E-state index in [1.807, 2.05) is 31.2 Å². The minimum absolute atomic E-state index is 0.0667. The van der Waals surface area contributed by atoms with Gasteiger partial charge >= 0.3 is 83.1 Å². The van der Waals surface area contributed by atoms with Crippen LogP contribution in [0, 0.1) is 48.9 Å². The summed E-state index contributed by atoms with van der Waals surface area (Å²) in [7, 11) is 0. The fourth-order valence-corrected chi connectivity index (χ4v) is 8.13. The van der Waals surface area contributed by atoms with E-state index in [2.05, 4.69) is 44.7 Å². The number of pyridine rings is 8. The second kappa shape index (κ2) is 31.1. The van der Waals surface area contributed by atoms with Crippen molar-refractivity contribution in [3.05, 3.63) is 229 Å². The monoisotopic (exact) mass is 1140 g/mol. The summed E-state index contributed by atoms with van der Waals surface area (Å²) in [6, 6.07) is 36.1. The highest BCUT2D eigenvalue weighted by Gasteiger charge is 2.18. The maximum Gasteiger partial charge on any atom is 0.494 e. The molecule has 2 aromatic carbocycles. The second-order valence-corrected chi connectivity index (χ2v) is 16.9. The van der Waals surface area contributed by atoms with Crippen molar-refractivity contribution in [3.63, 3.8) is 0 Å². The van der Waals surface area contributed by atoms with E-state index >= 15 is 0 Å². The molecular formula is C54H37Al5F6N9O5. The molecule has 0 saturated carbocycles. The standard InChI is InChI=1S/C12H7FN2O.C12H10FNO.C10H6F2N2O.2C10H7FN2O.5Al.5H/c1-14-10-6-8(13)7-11(16)12(10)9-4-2-3-5-15-9;1-8-6-9(13)12(11(15)7-8)10-4-2-3-5-14-10;11-8-5-7(15)9(10(12)14-8)6-3-1-2-4-13-6;11-10-9(8(14)4-6-13-10)7-3-1-2-5-12-7;11-10-5-9(14)7(6-13-10)8-3-1-2-4-12-8;;;;;;;;;;/h2-7,16H;2-7,15H,1H3;1-5H,(H,14,15);2*1-6H,(H,13,14);;;;;;;;;;/q;;;;;5*+1;;;;;/p-5. The molecule has 14 nitrogen and oxygen atoms in total. The maximum absolute atomic E-state index is 13.9. The fourth-order valence-electron chi connectivity index (χ4n) is 6.97. The molecule has 0 aliphatic rings. The number of nitrogens with zero attached hydrogens (tertiary/aromatic N) is 9. The first-order valence-electron chi connectivity index (χ1n) is 22.7. The lowest BCUT2D eigenvalue weighted by atomic mass is 10.1. The molecule has 0 atom stereocenters. The van der Waals surface area contributed by atoms with Gasteiger partial charge in [-0.15, -0.1) is 0 Å². The third kappa shape index (κ3) is 16.9. The molecular weight excluding hydrogens is 1100 g/mol. The second-order valence-electron chi connectivity index (χ2n) is 15.4. The molecule has 0 aliphatic carbocycles. The predicted molar refractivity (Wildman–Crippen MR) is 291 cm³/mol. The van der Waals surface area contributed by atoms with Crippen LogP contribution in [0.25, 0.3) is 61.1 Å². The van der Waals surface area contributed by atoms with Gasteiger partial charge in [0.05, 0.1) is 86.0 Å². The summed E-state index contributed by atoms with van der Waals surface area (Å²) in [5, 5.41) is 0. The first-order chi connectivity index (χ1) is 38.3. The Hall–Kier alpha value is -7.63. The van der Waals surface area contributed by atoms with Gasteiger partial charge in [-0.3, -0.25) is 24.9 Å². The zero-order valence-corrected chi connectivity index (χ0v) is 48.7. The van der Waals surface area contributed by atoms with E-state index in [1.165, 1.54) is 109 Å². The topological polar surface area (TPSA) is 154 Å². The number of benzene rings is 2. The van der Waals surface area contributed by atoms with E-state index in [1.54, 1.807) is 104 Å². The molecule has 0 spiro atoms.